The predicted molar refractivity (Wildman–Crippen MR) is 58.2 cm³/mol. The molecular formula is C11H16ClN. The highest BCUT2D eigenvalue weighted by molar-refractivity contribution is 6.31. The Labute approximate surface area is 85.1 Å². The lowest BCUT2D eigenvalue weighted by Gasteiger charge is -2.09. The van der Waals surface area contributed by atoms with Gasteiger partial charge in [0.05, 0.1) is 0 Å². The third-order valence-electron chi connectivity index (χ3n) is 1.91. The standard InChI is InChI=1S/C11H16ClN/c1-8(2)13-7-10-5-4-9(3)6-11(10)12/h4-6,8,13H,7H2,1-3H3. The van der Waals surface area contributed by atoms with Gasteiger partial charge in [0.15, 0.2) is 0 Å². The molecule has 0 unspecified atom stereocenters. The molecule has 72 valence electrons. The molecule has 13 heavy (non-hydrogen) atoms. The van der Waals surface area contributed by atoms with Crippen LogP contribution in [-0.4, -0.2) is 6.04 Å². The van der Waals surface area contributed by atoms with Gasteiger partial charge >= 0.3 is 0 Å². The first kappa shape index (κ1) is 10.6. The van der Waals surface area contributed by atoms with Gasteiger partial charge < -0.3 is 5.32 Å². The monoisotopic (exact) mass is 197 g/mol. The van der Waals surface area contributed by atoms with E-state index in [2.05, 4.69) is 31.3 Å². The molecule has 1 nitrogen and oxygen atoms in total. The Hall–Kier alpha value is -0.530. The quantitative estimate of drug-likeness (QED) is 0.785. The van der Waals surface area contributed by atoms with Crippen LogP contribution in [0.25, 0.3) is 0 Å². The molecule has 1 aromatic rings. The predicted octanol–water partition coefficient (Wildman–Crippen LogP) is 3.15. The fourth-order valence-electron chi connectivity index (χ4n) is 1.11. The highest BCUT2D eigenvalue weighted by Gasteiger charge is 2.00. The van der Waals surface area contributed by atoms with E-state index in [4.69, 9.17) is 11.6 Å². The van der Waals surface area contributed by atoms with Gasteiger partial charge in [-0.3, -0.25) is 0 Å². The highest BCUT2D eigenvalue weighted by atomic mass is 35.5. The average molecular weight is 198 g/mol. The van der Waals surface area contributed by atoms with Crippen LogP contribution in [0.2, 0.25) is 5.02 Å². The minimum atomic E-state index is 0.498. The van der Waals surface area contributed by atoms with Gasteiger partial charge in [-0.05, 0) is 24.1 Å². The van der Waals surface area contributed by atoms with Crippen LogP contribution in [0.15, 0.2) is 18.2 Å². The third-order valence-corrected chi connectivity index (χ3v) is 2.26. The minimum Gasteiger partial charge on any atom is -0.310 e. The molecule has 0 saturated carbocycles. The number of nitrogens with one attached hydrogen (secondary N) is 1. The topological polar surface area (TPSA) is 12.0 Å². The van der Waals surface area contributed by atoms with Crippen LogP contribution < -0.4 is 5.32 Å². The third kappa shape index (κ3) is 3.37. The molecule has 2 heteroatoms. The van der Waals surface area contributed by atoms with Crippen molar-refractivity contribution in [1.82, 2.24) is 5.32 Å². The number of halogens is 1. The molecule has 1 rings (SSSR count). The summed E-state index contributed by atoms with van der Waals surface area (Å²) >= 11 is 6.07. The van der Waals surface area contributed by atoms with Crippen molar-refractivity contribution >= 4 is 11.6 Å². The number of hydrogen-bond donors (Lipinski definition) is 1. The van der Waals surface area contributed by atoms with Gasteiger partial charge in [-0.25, -0.2) is 0 Å². The average Bonchev–Trinajstić information content (AvgIpc) is 2.02. The van der Waals surface area contributed by atoms with E-state index in [-0.39, 0.29) is 0 Å². The summed E-state index contributed by atoms with van der Waals surface area (Å²) in [6, 6.07) is 6.66. The summed E-state index contributed by atoms with van der Waals surface area (Å²) in [6.45, 7) is 7.15. The van der Waals surface area contributed by atoms with E-state index in [0.717, 1.165) is 11.6 Å². The van der Waals surface area contributed by atoms with Crippen LogP contribution in [0.3, 0.4) is 0 Å². The van der Waals surface area contributed by atoms with Gasteiger partial charge in [0, 0.05) is 17.6 Å². The van der Waals surface area contributed by atoms with Crippen molar-refractivity contribution in [2.24, 2.45) is 0 Å². The molecule has 0 heterocycles. The maximum absolute atomic E-state index is 6.07. The van der Waals surface area contributed by atoms with Gasteiger partial charge in [0.1, 0.15) is 0 Å². The molecule has 0 aromatic heterocycles. The molecular weight excluding hydrogens is 182 g/mol. The van der Waals surface area contributed by atoms with Gasteiger partial charge in [-0.1, -0.05) is 37.6 Å². The summed E-state index contributed by atoms with van der Waals surface area (Å²) in [5.41, 5.74) is 2.37. The number of hydrogen-bond acceptors (Lipinski definition) is 1. The molecule has 0 aliphatic rings. The Morgan fingerprint density at radius 2 is 2.08 bits per heavy atom. The molecule has 0 bridgehead atoms. The molecule has 0 amide bonds. The summed E-state index contributed by atoms with van der Waals surface area (Å²) in [7, 11) is 0. The highest BCUT2D eigenvalue weighted by Crippen LogP contribution is 2.17. The van der Waals surface area contributed by atoms with Gasteiger partial charge in [0.25, 0.3) is 0 Å². The largest absolute Gasteiger partial charge is 0.310 e. The lowest BCUT2D eigenvalue weighted by Crippen LogP contribution is -2.21. The molecule has 0 spiro atoms. The first-order chi connectivity index (χ1) is 6.09. The number of rotatable bonds is 3. The Bertz CT molecular complexity index is 281. The van der Waals surface area contributed by atoms with Crippen LogP contribution in [-0.2, 0) is 6.54 Å². The van der Waals surface area contributed by atoms with E-state index in [1.165, 1.54) is 11.1 Å². The van der Waals surface area contributed by atoms with Crippen molar-refractivity contribution in [3.8, 4) is 0 Å². The van der Waals surface area contributed by atoms with Gasteiger partial charge in [0.2, 0.25) is 0 Å². The van der Waals surface area contributed by atoms with Crippen molar-refractivity contribution in [3.63, 3.8) is 0 Å². The van der Waals surface area contributed by atoms with Crippen LogP contribution in [0.4, 0.5) is 0 Å². The molecule has 0 atom stereocenters. The summed E-state index contributed by atoms with van der Waals surface area (Å²) in [6.07, 6.45) is 0. The smallest absolute Gasteiger partial charge is 0.0453 e. The van der Waals surface area contributed by atoms with E-state index in [0.29, 0.717) is 6.04 Å². The zero-order valence-electron chi connectivity index (χ0n) is 8.39. The maximum atomic E-state index is 6.07. The lowest BCUT2D eigenvalue weighted by atomic mass is 10.1. The van der Waals surface area contributed by atoms with Crippen LogP contribution in [0.1, 0.15) is 25.0 Å². The summed E-state index contributed by atoms with van der Waals surface area (Å²) in [5, 5.41) is 4.19. The fourth-order valence-corrected chi connectivity index (χ4v) is 1.41. The molecule has 0 radical (unpaired) electrons. The van der Waals surface area contributed by atoms with Crippen molar-refractivity contribution < 1.29 is 0 Å². The van der Waals surface area contributed by atoms with Crippen LogP contribution >= 0.6 is 11.6 Å². The SMILES string of the molecule is Cc1ccc(CNC(C)C)c(Cl)c1. The Kier molecular flexibility index (Phi) is 3.76. The van der Waals surface area contributed by atoms with E-state index in [1.807, 2.05) is 13.0 Å². The van der Waals surface area contributed by atoms with Crippen molar-refractivity contribution in [2.75, 3.05) is 0 Å². The molecule has 0 fully saturated rings. The summed E-state index contributed by atoms with van der Waals surface area (Å²) in [5.74, 6) is 0. The Balaban J connectivity index is 2.67. The first-order valence-corrected chi connectivity index (χ1v) is 4.96. The van der Waals surface area contributed by atoms with E-state index in [1.54, 1.807) is 0 Å². The zero-order chi connectivity index (χ0) is 9.84. The van der Waals surface area contributed by atoms with Crippen molar-refractivity contribution in [3.05, 3.63) is 34.3 Å². The molecule has 0 aliphatic carbocycles. The second-order valence-electron chi connectivity index (χ2n) is 3.63. The Morgan fingerprint density at radius 1 is 1.38 bits per heavy atom. The van der Waals surface area contributed by atoms with E-state index in [9.17, 15) is 0 Å². The van der Waals surface area contributed by atoms with Crippen LogP contribution in [0, 0.1) is 6.92 Å². The second-order valence-corrected chi connectivity index (χ2v) is 4.04. The fraction of sp³-hybridized carbons (Fsp3) is 0.455. The summed E-state index contributed by atoms with van der Waals surface area (Å²) < 4.78 is 0. The summed E-state index contributed by atoms with van der Waals surface area (Å²) in [4.78, 5) is 0. The normalized spacial score (nSPS) is 10.8. The number of benzene rings is 1. The van der Waals surface area contributed by atoms with Gasteiger partial charge in [-0.2, -0.15) is 0 Å². The van der Waals surface area contributed by atoms with E-state index >= 15 is 0 Å². The van der Waals surface area contributed by atoms with Crippen molar-refractivity contribution in [2.45, 2.75) is 33.4 Å². The second kappa shape index (κ2) is 4.64. The molecule has 1 N–H and O–H groups in total. The van der Waals surface area contributed by atoms with Crippen LogP contribution in [0.5, 0.6) is 0 Å². The molecule has 0 saturated heterocycles. The first-order valence-electron chi connectivity index (χ1n) is 4.58. The van der Waals surface area contributed by atoms with Crippen molar-refractivity contribution in [1.29, 1.82) is 0 Å². The lowest BCUT2D eigenvalue weighted by molar-refractivity contribution is 0.589. The molecule has 0 aliphatic heterocycles. The van der Waals surface area contributed by atoms with Gasteiger partial charge in [-0.15, -0.1) is 0 Å². The van der Waals surface area contributed by atoms with E-state index < -0.39 is 0 Å². The zero-order valence-corrected chi connectivity index (χ0v) is 9.15. The molecule has 1 aromatic carbocycles. The Morgan fingerprint density at radius 3 is 2.62 bits per heavy atom. The number of aryl methyl sites for hydroxylation is 1. The maximum Gasteiger partial charge on any atom is 0.0453 e. The minimum absolute atomic E-state index is 0.498.